The molecule has 0 amide bonds. The Kier molecular flexibility index (Phi) is 2.94. The van der Waals surface area contributed by atoms with E-state index in [2.05, 4.69) is 17.1 Å². The summed E-state index contributed by atoms with van der Waals surface area (Å²) in [5.41, 5.74) is 0.431. The van der Waals surface area contributed by atoms with E-state index in [0.717, 1.165) is 31.6 Å². The van der Waals surface area contributed by atoms with Gasteiger partial charge in [-0.3, -0.25) is 4.90 Å². The Balaban J connectivity index is 1.65. The van der Waals surface area contributed by atoms with Crippen molar-refractivity contribution < 1.29 is 4.74 Å². The highest BCUT2D eigenvalue weighted by atomic mass is 16.5. The second-order valence-electron chi connectivity index (χ2n) is 5.98. The quantitative estimate of drug-likeness (QED) is 0.777. The highest BCUT2D eigenvalue weighted by molar-refractivity contribution is 5.03. The van der Waals surface area contributed by atoms with Crippen molar-refractivity contribution in [1.29, 1.82) is 0 Å². The number of rotatable bonds is 3. The van der Waals surface area contributed by atoms with Gasteiger partial charge in [-0.05, 0) is 38.0 Å². The molecule has 3 nitrogen and oxygen atoms in total. The van der Waals surface area contributed by atoms with E-state index in [0.29, 0.717) is 5.54 Å². The topological polar surface area (TPSA) is 24.5 Å². The number of piperazine rings is 1. The van der Waals surface area contributed by atoms with Gasteiger partial charge in [-0.25, -0.2) is 0 Å². The van der Waals surface area contributed by atoms with Crippen molar-refractivity contribution in [3.63, 3.8) is 0 Å². The molecular weight excluding hydrogens is 200 g/mol. The second kappa shape index (κ2) is 4.28. The lowest BCUT2D eigenvalue weighted by Crippen LogP contribution is -2.61. The molecule has 1 saturated carbocycles. The third-order valence-corrected chi connectivity index (χ3v) is 4.72. The summed E-state index contributed by atoms with van der Waals surface area (Å²) in [7, 11) is 0. The van der Waals surface area contributed by atoms with E-state index in [1.807, 2.05) is 0 Å². The van der Waals surface area contributed by atoms with Crippen molar-refractivity contribution in [3.05, 3.63) is 0 Å². The Bertz CT molecular complexity index is 248. The van der Waals surface area contributed by atoms with Crippen LogP contribution in [0.2, 0.25) is 0 Å². The molecule has 0 spiro atoms. The third-order valence-electron chi connectivity index (χ3n) is 4.72. The summed E-state index contributed by atoms with van der Waals surface area (Å²) >= 11 is 0. The van der Waals surface area contributed by atoms with E-state index < -0.39 is 0 Å². The van der Waals surface area contributed by atoms with Crippen LogP contribution in [-0.4, -0.2) is 49.8 Å². The summed E-state index contributed by atoms with van der Waals surface area (Å²) in [6, 6.07) is 0. The molecule has 0 radical (unpaired) electrons. The molecule has 2 aliphatic heterocycles. The fourth-order valence-corrected chi connectivity index (χ4v) is 3.37. The van der Waals surface area contributed by atoms with Crippen LogP contribution in [0.25, 0.3) is 0 Å². The maximum atomic E-state index is 5.50. The molecule has 2 unspecified atom stereocenters. The van der Waals surface area contributed by atoms with Gasteiger partial charge in [0, 0.05) is 38.3 Å². The lowest BCUT2D eigenvalue weighted by Gasteiger charge is -2.46. The smallest absolute Gasteiger partial charge is 0.0507 e. The molecule has 92 valence electrons. The van der Waals surface area contributed by atoms with E-state index in [1.54, 1.807) is 0 Å². The minimum absolute atomic E-state index is 0.431. The summed E-state index contributed by atoms with van der Waals surface area (Å²) in [4.78, 5) is 2.75. The van der Waals surface area contributed by atoms with Crippen LogP contribution in [0.15, 0.2) is 0 Å². The molecule has 3 rings (SSSR count). The summed E-state index contributed by atoms with van der Waals surface area (Å²) in [6.45, 7) is 9.27. The van der Waals surface area contributed by atoms with Crippen LogP contribution >= 0.6 is 0 Å². The lowest BCUT2D eigenvalue weighted by atomic mass is 9.90. The summed E-state index contributed by atoms with van der Waals surface area (Å²) in [5.74, 6) is 1.73. The van der Waals surface area contributed by atoms with E-state index in [9.17, 15) is 0 Å². The van der Waals surface area contributed by atoms with Gasteiger partial charge in [0.2, 0.25) is 0 Å². The van der Waals surface area contributed by atoms with Crippen LogP contribution in [0.3, 0.4) is 0 Å². The van der Waals surface area contributed by atoms with Crippen LogP contribution < -0.4 is 5.32 Å². The molecule has 3 heteroatoms. The Labute approximate surface area is 98.5 Å². The molecule has 1 aliphatic carbocycles. The van der Waals surface area contributed by atoms with E-state index >= 15 is 0 Å². The number of ether oxygens (including phenoxy) is 1. The largest absolute Gasteiger partial charge is 0.381 e. The maximum Gasteiger partial charge on any atom is 0.0507 e. The summed E-state index contributed by atoms with van der Waals surface area (Å²) in [5, 5.41) is 3.58. The molecule has 16 heavy (non-hydrogen) atoms. The average Bonchev–Trinajstić information content (AvgIpc) is 3.03. The van der Waals surface area contributed by atoms with Gasteiger partial charge >= 0.3 is 0 Å². The van der Waals surface area contributed by atoms with Crippen molar-refractivity contribution in [3.8, 4) is 0 Å². The maximum absolute atomic E-state index is 5.50. The molecule has 3 aliphatic rings. The Morgan fingerprint density at radius 3 is 2.94 bits per heavy atom. The third kappa shape index (κ3) is 2.01. The minimum Gasteiger partial charge on any atom is -0.381 e. The van der Waals surface area contributed by atoms with Gasteiger partial charge in [0.1, 0.15) is 0 Å². The van der Waals surface area contributed by atoms with E-state index in [4.69, 9.17) is 4.74 Å². The van der Waals surface area contributed by atoms with Crippen LogP contribution in [0.5, 0.6) is 0 Å². The standard InChI is InChI=1S/C13H24N2O/c1-13(12-2-3-12)10-14-5-6-15(13)8-11-4-7-16-9-11/h11-12,14H,2-10H2,1H3. The van der Waals surface area contributed by atoms with Gasteiger partial charge in [0.25, 0.3) is 0 Å². The Morgan fingerprint density at radius 2 is 2.25 bits per heavy atom. The van der Waals surface area contributed by atoms with Gasteiger partial charge in [-0.1, -0.05) is 0 Å². The Hall–Kier alpha value is -0.120. The van der Waals surface area contributed by atoms with Crippen molar-refractivity contribution in [2.24, 2.45) is 11.8 Å². The number of hydrogen-bond acceptors (Lipinski definition) is 3. The molecule has 0 aromatic rings. The minimum atomic E-state index is 0.431. The van der Waals surface area contributed by atoms with Crippen molar-refractivity contribution in [2.75, 3.05) is 39.4 Å². The number of hydrogen-bond donors (Lipinski definition) is 1. The predicted octanol–water partition coefficient (Wildman–Crippen LogP) is 1.10. The number of nitrogens with zero attached hydrogens (tertiary/aromatic N) is 1. The van der Waals surface area contributed by atoms with E-state index in [1.165, 1.54) is 38.9 Å². The van der Waals surface area contributed by atoms with Gasteiger partial charge < -0.3 is 10.1 Å². The van der Waals surface area contributed by atoms with Crippen molar-refractivity contribution in [2.45, 2.75) is 31.7 Å². The highest BCUT2D eigenvalue weighted by Crippen LogP contribution is 2.43. The SMILES string of the molecule is CC1(C2CC2)CNCCN1CC1CCOC1. The molecule has 0 aromatic heterocycles. The first-order valence-corrected chi connectivity index (χ1v) is 6.82. The number of nitrogens with one attached hydrogen (secondary N) is 1. The van der Waals surface area contributed by atoms with Crippen molar-refractivity contribution in [1.82, 2.24) is 10.2 Å². The zero-order valence-electron chi connectivity index (χ0n) is 10.4. The van der Waals surface area contributed by atoms with E-state index in [-0.39, 0.29) is 0 Å². The van der Waals surface area contributed by atoms with Crippen molar-refractivity contribution >= 4 is 0 Å². The molecule has 2 heterocycles. The summed E-state index contributed by atoms with van der Waals surface area (Å²) in [6.07, 6.45) is 4.15. The first kappa shape index (κ1) is 11.0. The van der Waals surface area contributed by atoms with Crippen LogP contribution in [-0.2, 0) is 4.74 Å². The molecule has 2 saturated heterocycles. The average molecular weight is 224 g/mol. The Morgan fingerprint density at radius 1 is 1.38 bits per heavy atom. The first-order chi connectivity index (χ1) is 7.79. The van der Waals surface area contributed by atoms with Crippen LogP contribution in [0.1, 0.15) is 26.2 Å². The van der Waals surface area contributed by atoms with Crippen LogP contribution in [0, 0.1) is 11.8 Å². The molecule has 3 fully saturated rings. The molecule has 2 atom stereocenters. The normalized spacial score (nSPS) is 41.4. The summed E-state index contributed by atoms with van der Waals surface area (Å²) < 4.78 is 5.50. The highest BCUT2D eigenvalue weighted by Gasteiger charge is 2.47. The molecule has 0 aromatic carbocycles. The molecule has 0 bridgehead atoms. The van der Waals surface area contributed by atoms with Gasteiger partial charge in [-0.15, -0.1) is 0 Å². The fourth-order valence-electron chi connectivity index (χ4n) is 3.37. The van der Waals surface area contributed by atoms with Gasteiger partial charge in [-0.2, -0.15) is 0 Å². The van der Waals surface area contributed by atoms with Gasteiger partial charge in [0.15, 0.2) is 0 Å². The zero-order valence-corrected chi connectivity index (χ0v) is 10.4. The first-order valence-electron chi connectivity index (χ1n) is 6.82. The van der Waals surface area contributed by atoms with Gasteiger partial charge in [0.05, 0.1) is 6.61 Å². The molecule has 1 N–H and O–H groups in total. The predicted molar refractivity (Wildman–Crippen MR) is 64.5 cm³/mol. The fraction of sp³-hybridized carbons (Fsp3) is 1.00. The second-order valence-corrected chi connectivity index (χ2v) is 5.98. The molecular formula is C13H24N2O. The zero-order chi connectivity index (χ0) is 11.0. The lowest BCUT2D eigenvalue weighted by molar-refractivity contribution is 0.0388. The van der Waals surface area contributed by atoms with Crippen LogP contribution in [0.4, 0.5) is 0 Å². The monoisotopic (exact) mass is 224 g/mol.